The molecule has 2 aromatic carbocycles. The number of hydrogen-bond donors (Lipinski definition) is 2. The molecule has 2 heterocycles. The van der Waals surface area contributed by atoms with Crippen LogP contribution >= 0.6 is 0 Å². The summed E-state index contributed by atoms with van der Waals surface area (Å²) in [6.07, 6.45) is 5.03. The van der Waals surface area contributed by atoms with Crippen LogP contribution in [0.4, 0.5) is 0 Å². The lowest BCUT2D eigenvalue weighted by Gasteiger charge is -2.07. The van der Waals surface area contributed by atoms with Crippen molar-refractivity contribution in [3.05, 3.63) is 84.7 Å². The number of pyridine rings is 1. The highest BCUT2D eigenvalue weighted by atomic mass is 32.2. The summed E-state index contributed by atoms with van der Waals surface area (Å²) in [6, 6.07) is 21.8. The highest BCUT2D eigenvalue weighted by Gasteiger charge is 2.35. The molecule has 2 N–H and O–H groups in total. The van der Waals surface area contributed by atoms with Crippen molar-refractivity contribution in [1.82, 2.24) is 19.7 Å². The third-order valence-corrected chi connectivity index (χ3v) is 7.28. The molecule has 0 amide bonds. The van der Waals surface area contributed by atoms with E-state index in [4.69, 9.17) is 4.98 Å². The van der Waals surface area contributed by atoms with E-state index in [0.717, 1.165) is 52.3 Å². The highest BCUT2D eigenvalue weighted by molar-refractivity contribution is 7.90. The Morgan fingerprint density at radius 1 is 0.871 bits per heavy atom. The molecule has 0 atom stereocenters. The Hall–Kier alpha value is -3.29. The van der Waals surface area contributed by atoms with Gasteiger partial charge >= 0.3 is 0 Å². The van der Waals surface area contributed by atoms with Crippen LogP contribution in [0, 0.1) is 0 Å². The van der Waals surface area contributed by atoms with Gasteiger partial charge in [0.25, 0.3) is 0 Å². The summed E-state index contributed by atoms with van der Waals surface area (Å²) in [7, 11) is -3.19. The quantitative estimate of drug-likeness (QED) is 0.455. The lowest BCUT2D eigenvalue weighted by atomic mass is 10.0. The number of H-pyrrole nitrogens is 1. The van der Waals surface area contributed by atoms with E-state index >= 15 is 0 Å². The van der Waals surface area contributed by atoms with E-state index in [0.29, 0.717) is 6.54 Å². The van der Waals surface area contributed by atoms with Crippen LogP contribution in [0.15, 0.2) is 79.1 Å². The van der Waals surface area contributed by atoms with Crippen molar-refractivity contribution in [3.63, 3.8) is 0 Å². The number of aromatic nitrogens is 3. The van der Waals surface area contributed by atoms with E-state index < -0.39 is 10.0 Å². The molecule has 0 saturated heterocycles. The van der Waals surface area contributed by atoms with Crippen molar-refractivity contribution < 1.29 is 8.42 Å². The number of imidazole rings is 1. The first-order chi connectivity index (χ1) is 15.1. The Balaban J connectivity index is 1.46. The van der Waals surface area contributed by atoms with Gasteiger partial charge in [-0.1, -0.05) is 54.6 Å². The SMILES string of the molecule is O=S(=O)(NCc1ccc(-c2[nH]c(-c3ccccc3)nc2-c2ccncc2)cc1)C1CC1. The summed E-state index contributed by atoms with van der Waals surface area (Å²) in [6.45, 7) is 0.300. The van der Waals surface area contributed by atoms with E-state index in [1.165, 1.54) is 0 Å². The van der Waals surface area contributed by atoms with E-state index in [1.807, 2.05) is 66.7 Å². The minimum absolute atomic E-state index is 0.212. The van der Waals surface area contributed by atoms with Crippen molar-refractivity contribution in [1.29, 1.82) is 0 Å². The van der Waals surface area contributed by atoms with Crippen molar-refractivity contribution in [2.75, 3.05) is 0 Å². The predicted octanol–water partition coefficient (Wildman–Crippen LogP) is 4.39. The van der Waals surface area contributed by atoms with E-state index in [1.54, 1.807) is 12.4 Å². The first-order valence-corrected chi connectivity index (χ1v) is 11.8. The maximum atomic E-state index is 12.1. The Morgan fingerprint density at radius 3 is 2.26 bits per heavy atom. The summed E-state index contributed by atoms with van der Waals surface area (Å²) in [5.74, 6) is 0.795. The molecule has 0 spiro atoms. The monoisotopic (exact) mass is 430 g/mol. The number of benzene rings is 2. The van der Waals surface area contributed by atoms with Gasteiger partial charge in [0.05, 0.1) is 16.6 Å². The van der Waals surface area contributed by atoms with Gasteiger partial charge in [-0.3, -0.25) is 4.98 Å². The Labute approximate surface area is 181 Å². The van der Waals surface area contributed by atoms with Gasteiger partial charge in [-0.05, 0) is 30.5 Å². The summed E-state index contributed by atoms with van der Waals surface area (Å²) < 4.78 is 26.8. The smallest absolute Gasteiger partial charge is 0.214 e. The maximum Gasteiger partial charge on any atom is 0.214 e. The molecule has 4 aromatic rings. The zero-order valence-electron chi connectivity index (χ0n) is 16.8. The molecule has 6 nitrogen and oxygen atoms in total. The van der Waals surface area contributed by atoms with Crippen molar-refractivity contribution in [2.45, 2.75) is 24.6 Å². The minimum atomic E-state index is -3.19. The molecule has 5 rings (SSSR count). The van der Waals surface area contributed by atoms with Crippen LogP contribution in [0.5, 0.6) is 0 Å². The van der Waals surface area contributed by atoms with Crippen LogP contribution in [-0.4, -0.2) is 28.6 Å². The lowest BCUT2D eigenvalue weighted by Crippen LogP contribution is -2.26. The molecule has 1 fully saturated rings. The number of sulfonamides is 1. The molecular weight excluding hydrogens is 408 g/mol. The summed E-state index contributed by atoms with van der Waals surface area (Å²) in [5.41, 5.74) is 5.65. The maximum absolute atomic E-state index is 12.1. The van der Waals surface area contributed by atoms with Crippen molar-refractivity contribution >= 4 is 10.0 Å². The zero-order valence-corrected chi connectivity index (χ0v) is 17.6. The van der Waals surface area contributed by atoms with Crippen LogP contribution in [0.2, 0.25) is 0 Å². The molecule has 156 valence electrons. The fourth-order valence-electron chi connectivity index (χ4n) is 3.50. The topological polar surface area (TPSA) is 87.7 Å². The van der Waals surface area contributed by atoms with E-state index in [-0.39, 0.29) is 5.25 Å². The molecule has 0 radical (unpaired) electrons. The predicted molar refractivity (Wildman–Crippen MR) is 121 cm³/mol. The Kier molecular flexibility index (Phi) is 5.13. The third-order valence-electron chi connectivity index (χ3n) is 5.39. The first-order valence-electron chi connectivity index (χ1n) is 10.2. The summed E-state index contributed by atoms with van der Waals surface area (Å²) >= 11 is 0. The molecule has 31 heavy (non-hydrogen) atoms. The second kappa shape index (κ2) is 8.09. The first kappa shape index (κ1) is 19.7. The Bertz CT molecular complexity index is 1280. The molecule has 0 unspecified atom stereocenters. The Morgan fingerprint density at radius 2 is 1.58 bits per heavy atom. The van der Waals surface area contributed by atoms with Crippen LogP contribution in [0.25, 0.3) is 33.9 Å². The lowest BCUT2D eigenvalue weighted by molar-refractivity contribution is 0.580. The van der Waals surface area contributed by atoms with Crippen LogP contribution in [0.3, 0.4) is 0 Å². The van der Waals surface area contributed by atoms with Crippen LogP contribution in [-0.2, 0) is 16.6 Å². The van der Waals surface area contributed by atoms with Gasteiger partial charge < -0.3 is 4.98 Å². The van der Waals surface area contributed by atoms with Gasteiger partial charge in [-0.15, -0.1) is 0 Å². The van der Waals surface area contributed by atoms with Gasteiger partial charge in [0.2, 0.25) is 10.0 Å². The average molecular weight is 431 g/mol. The normalized spacial score (nSPS) is 13.9. The average Bonchev–Trinajstić information content (AvgIpc) is 3.59. The van der Waals surface area contributed by atoms with Crippen LogP contribution in [0.1, 0.15) is 18.4 Å². The second-order valence-corrected chi connectivity index (χ2v) is 9.72. The van der Waals surface area contributed by atoms with Gasteiger partial charge in [0.15, 0.2) is 0 Å². The highest BCUT2D eigenvalue weighted by Crippen LogP contribution is 2.33. The number of nitrogens with one attached hydrogen (secondary N) is 2. The third kappa shape index (κ3) is 4.28. The summed E-state index contributed by atoms with van der Waals surface area (Å²) in [4.78, 5) is 12.5. The molecule has 1 saturated carbocycles. The fraction of sp³-hybridized carbons (Fsp3) is 0.167. The number of hydrogen-bond acceptors (Lipinski definition) is 4. The van der Waals surface area contributed by atoms with Crippen LogP contribution < -0.4 is 4.72 Å². The minimum Gasteiger partial charge on any atom is -0.337 e. The molecular formula is C24H22N4O2S. The summed E-state index contributed by atoms with van der Waals surface area (Å²) in [5, 5.41) is -0.212. The van der Waals surface area contributed by atoms with Gasteiger partial charge in [0, 0.05) is 35.6 Å². The van der Waals surface area contributed by atoms with Crippen molar-refractivity contribution in [3.8, 4) is 33.9 Å². The molecule has 7 heteroatoms. The molecule has 0 bridgehead atoms. The largest absolute Gasteiger partial charge is 0.337 e. The van der Waals surface area contributed by atoms with E-state index in [9.17, 15) is 8.42 Å². The molecule has 2 aromatic heterocycles. The molecule has 0 aliphatic heterocycles. The van der Waals surface area contributed by atoms with Gasteiger partial charge in [-0.2, -0.15) is 0 Å². The van der Waals surface area contributed by atoms with Gasteiger partial charge in [0.1, 0.15) is 5.82 Å². The second-order valence-electron chi connectivity index (χ2n) is 7.67. The molecule has 1 aliphatic rings. The number of nitrogens with zero attached hydrogens (tertiary/aromatic N) is 2. The zero-order chi connectivity index (χ0) is 21.3. The number of aromatic amines is 1. The van der Waals surface area contributed by atoms with E-state index in [2.05, 4.69) is 14.7 Å². The molecule has 1 aliphatic carbocycles. The standard InChI is InChI=1S/C24H22N4O2S/c29-31(30,21-10-11-21)26-16-17-6-8-18(9-7-17)22-23(19-12-14-25-15-13-19)28-24(27-22)20-4-2-1-3-5-20/h1-9,12-15,21,26H,10-11,16H2,(H,27,28). The van der Waals surface area contributed by atoms with Gasteiger partial charge in [-0.25, -0.2) is 18.1 Å². The fourth-order valence-corrected chi connectivity index (χ4v) is 4.86. The van der Waals surface area contributed by atoms with Crippen molar-refractivity contribution in [2.24, 2.45) is 0 Å². The number of rotatable bonds is 7.